The molecular weight excluding hydrogens is 260 g/mol. The first kappa shape index (κ1) is 15.1. The highest BCUT2D eigenvalue weighted by Crippen LogP contribution is 2.31. The molecule has 1 saturated heterocycles. The SMILES string of the molecule is CCCN(C(=O)NCCC1CC1)C1COCC1C(=O)O. The van der Waals surface area contributed by atoms with Crippen molar-refractivity contribution in [2.24, 2.45) is 11.8 Å². The second kappa shape index (κ2) is 6.92. The molecule has 1 aliphatic heterocycles. The van der Waals surface area contributed by atoms with Gasteiger partial charge in [0.25, 0.3) is 0 Å². The Morgan fingerprint density at radius 2 is 2.10 bits per heavy atom. The highest BCUT2D eigenvalue weighted by Gasteiger charge is 2.39. The Morgan fingerprint density at radius 3 is 2.70 bits per heavy atom. The van der Waals surface area contributed by atoms with Crippen LogP contribution in [0.25, 0.3) is 0 Å². The van der Waals surface area contributed by atoms with E-state index in [9.17, 15) is 14.7 Å². The van der Waals surface area contributed by atoms with Crippen LogP contribution in [0.2, 0.25) is 0 Å². The molecule has 6 heteroatoms. The predicted octanol–water partition coefficient (Wildman–Crippen LogP) is 1.31. The fraction of sp³-hybridized carbons (Fsp3) is 0.857. The summed E-state index contributed by atoms with van der Waals surface area (Å²) in [5.74, 6) is -0.730. The van der Waals surface area contributed by atoms with Crippen molar-refractivity contribution in [3.63, 3.8) is 0 Å². The van der Waals surface area contributed by atoms with Gasteiger partial charge in [-0.2, -0.15) is 0 Å². The first-order valence-corrected chi connectivity index (χ1v) is 7.48. The van der Waals surface area contributed by atoms with Gasteiger partial charge in [-0.15, -0.1) is 0 Å². The van der Waals surface area contributed by atoms with Gasteiger partial charge in [0, 0.05) is 13.1 Å². The molecule has 2 unspecified atom stereocenters. The Labute approximate surface area is 119 Å². The summed E-state index contributed by atoms with van der Waals surface area (Å²) in [6.45, 7) is 3.72. The van der Waals surface area contributed by atoms with E-state index in [1.807, 2.05) is 6.92 Å². The number of urea groups is 1. The molecule has 0 bridgehead atoms. The fourth-order valence-corrected chi connectivity index (χ4v) is 2.64. The third kappa shape index (κ3) is 3.85. The number of nitrogens with one attached hydrogen (secondary N) is 1. The normalized spacial score (nSPS) is 25.4. The topological polar surface area (TPSA) is 78.9 Å². The quantitative estimate of drug-likeness (QED) is 0.739. The minimum absolute atomic E-state index is 0.158. The molecule has 114 valence electrons. The number of ether oxygens (including phenoxy) is 1. The minimum atomic E-state index is -0.889. The maximum atomic E-state index is 12.3. The van der Waals surface area contributed by atoms with E-state index in [0.29, 0.717) is 19.7 Å². The average molecular weight is 284 g/mol. The Hall–Kier alpha value is -1.30. The highest BCUT2D eigenvalue weighted by molar-refractivity contribution is 5.77. The number of amides is 2. The maximum absolute atomic E-state index is 12.3. The van der Waals surface area contributed by atoms with Gasteiger partial charge < -0.3 is 20.1 Å². The standard InChI is InChI=1S/C14H24N2O4/c1-2-7-16(12-9-20-8-11(12)13(17)18)14(19)15-6-5-10-3-4-10/h10-12H,2-9H2,1H3,(H,15,19)(H,17,18). The number of hydrogen-bond acceptors (Lipinski definition) is 3. The van der Waals surface area contributed by atoms with E-state index in [1.54, 1.807) is 4.90 Å². The molecule has 2 N–H and O–H groups in total. The molecule has 1 heterocycles. The molecule has 0 aromatic rings. The van der Waals surface area contributed by atoms with Crippen molar-refractivity contribution >= 4 is 12.0 Å². The van der Waals surface area contributed by atoms with Crippen LogP contribution in [0.3, 0.4) is 0 Å². The fourth-order valence-electron chi connectivity index (χ4n) is 2.64. The zero-order chi connectivity index (χ0) is 14.5. The number of carboxylic acids is 1. The number of hydrogen-bond donors (Lipinski definition) is 2. The van der Waals surface area contributed by atoms with E-state index >= 15 is 0 Å². The van der Waals surface area contributed by atoms with Crippen molar-refractivity contribution in [1.29, 1.82) is 0 Å². The van der Waals surface area contributed by atoms with E-state index in [4.69, 9.17) is 4.74 Å². The lowest BCUT2D eigenvalue weighted by Crippen LogP contribution is -2.51. The van der Waals surface area contributed by atoms with Gasteiger partial charge in [0.2, 0.25) is 0 Å². The van der Waals surface area contributed by atoms with E-state index in [-0.39, 0.29) is 18.7 Å². The number of carbonyl (C=O) groups is 2. The summed E-state index contributed by atoms with van der Waals surface area (Å²) in [6, 6.07) is -0.511. The van der Waals surface area contributed by atoms with Crippen LogP contribution in [-0.2, 0) is 9.53 Å². The highest BCUT2D eigenvalue weighted by atomic mass is 16.5. The Balaban J connectivity index is 1.89. The number of carbonyl (C=O) groups excluding carboxylic acids is 1. The molecule has 2 fully saturated rings. The number of nitrogens with zero attached hydrogens (tertiary/aromatic N) is 1. The van der Waals surface area contributed by atoms with Crippen molar-refractivity contribution in [3.05, 3.63) is 0 Å². The van der Waals surface area contributed by atoms with Crippen molar-refractivity contribution in [3.8, 4) is 0 Å². The summed E-state index contributed by atoms with van der Waals surface area (Å²) in [4.78, 5) is 25.1. The second-order valence-electron chi connectivity index (χ2n) is 5.71. The molecule has 2 aliphatic rings. The lowest BCUT2D eigenvalue weighted by atomic mass is 10.0. The molecule has 0 spiro atoms. The van der Waals surface area contributed by atoms with E-state index in [2.05, 4.69) is 5.32 Å². The molecule has 0 aromatic heterocycles. The molecule has 6 nitrogen and oxygen atoms in total. The van der Waals surface area contributed by atoms with Crippen LogP contribution < -0.4 is 5.32 Å². The Bertz CT molecular complexity index is 357. The van der Waals surface area contributed by atoms with Crippen molar-refractivity contribution < 1.29 is 19.4 Å². The largest absolute Gasteiger partial charge is 0.481 e. The third-order valence-electron chi connectivity index (χ3n) is 4.02. The van der Waals surface area contributed by atoms with Crippen molar-refractivity contribution in [2.75, 3.05) is 26.3 Å². The van der Waals surface area contributed by atoms with Crippen LogP contribution in [0.4, 0.5) is 4.79 Å². The van der Waals surface area contributed by atoms with Crippen LogP contribution in [0.15, 0.2) is 0 Å². The van der Waals surface area contributed by atoms with Crippen LogP contribution in [-0.4, -0.2) is 54.4 Å². The van der Waals surface area contributed by atoms with Crippen LogP contribution in [0.5, 0.6) is 0 Å². The molecule has 0 aromatic carbocycles. The lowest BCUT2D eigenvalue weighted by molar-refractivity contribution is -0.142. The lowest BCUT2D eigenvalue weighted by Gasteiger charge is -2.30. The first-order chi connectivity index (χ1) is 9.63. The van der Waals surface area contributed by atoms with Gasteiger partial charge in [-0.05, 0) is 18.8 Å². The van der Waals surface area contributed by atoms with Gasteiger partial charge in [-0.25, -0.2) is 4.79 Å². The second-order valence-corrected chi connectivity index (χ2v) is 5.71. The van der Waals surface area contributed by atoms with E-state index in [1.165, 1.54) is 12.8 Å². The minimum Gasteiger partial charge on any atom is -0.481 e. The zero-order valence-corrected chi connectivity index (χ0v) is 12.0. The van der Waals surface area contributed by atoms with Gasteiger partial charge in [-0.3, -0.25) is 4.79 Å². The van der Waals surface area contributed by atoms with Crippen LogP contribution >= 0.6 is 0 Å². The summed E-state index contributed by atoms with van der Waals surface area (Å²) in [7, 11) is 0. The Morgan fingerprint density at radius 1 is 1.35 bits per heavy atom. The van der Waals surface area contributed by atoms with Crippen molar-refractivity contribution in [2.45, 2.75) is 38.6 Å². The Kier molecular flexibility index (Phi) is 5.23. The van der Waals surface area contributed by atoms with Gasteiger partial charge in [0.1, 0.15) is 5.92 Å². The smallest absolute Gasteiger partial charge is 0.317 e. The number of aliphatic carboxylic acids is 1. The molecule has 2 atom stereocenters. The van der Waals surface area contributed by atoms with Crippen LogP contribution in [0.1, 0.15) is 32.6 Å². The molecule has 2 amide bonds. The maximum Gasteiger partial charge on any atom is 0.317 e. The number of carboxylic acid groups (broad SMARTS) is 1. The summed E-state index contributed by atoms with van der Waals surface area (Å²) in [6.07, 6.45) is 4.37. The molecular formula is C14H24N2O4. The first-order valence-electron chi connectivity index (χ1n) is 7.48. The molecule has 1 saturated carbocycles. The van der Waals surface area contributed by atoms with Gasteiger partial charge in [0.05, 0.1) is 19.3 Å². The van der Waals surface area contributed by atoms with Crippen LogP contribution in [0, 0.1) is 11.8 Å². The summed E-state index contributed by atoms with van der Waals surface area (Å²) in [5, 5.41) is 12.1. The monoisotopic (exact) mass is 284 g/mol. The molecule has 1 aliphatic carbocycles. The van der Waals surface area contributed by atoms with Crippen molar-refractivity contribution in [1.82, 2.24) is 10.2 Å². The van der Waals surface area contributed by atoms with Gasteiger partial charge in [-0.1, -0.05) is 19.8 Å². The number of rotatable bonds is 7. The third-order valence-corrected chi connectivity index (χ3v) is 4.02. The zero-order valence-electron chi connectivity index (χ0n) is 12.0. The average Bonchev–Trinajstić information content (AvgIpc) is 3.10. The molecule has 0 radical (unpaired) electrons. The molecule has 20 heavy (non-hydrogen) atoms. The van der Waals surface area contributed by atoms with E-state index in [0.717, 1.165) is 18.8 Å². The molecule has 2 rings (SSSR count). The van der Waals surface area contributed by atoms with Gasteiger partial charge >= 0.3 is 12.0 Å². The predicted molar refractivity (Wildman–Crippen MR) is 73.5 cm³/mol. The van der Waals surface area contributed by atoms with Gasteiger partial charge in [0.15, 0.2) is 0 Å². The summed E-state index contributed by atoms with van der Waals surface area (Å²) >= 11 is 0. The summed E-state index contributed by atoms with van der Waals surface area (Å²) < 4.78 is 5.26. The summed E-state index contributed by atoms with van der Waals surface area (Å²) in [5.41, 5.74) is 0. The van der Waals surface area contributed by atoms with E-state index < -0.39 is 11.9 Å².